The van der Waals surface area contributed by atoms with Crippen molar-refractivity contribution < 1.29 is 14.2 Å². The van der Waals surface area contributed by atoms with E-state index < -0.39 is 0 Å². The summed E-state index contributed by atoms with van der Waals surface area (Å²) in [5.41, 5.74) is 7.73. The monoisotopic (exact) mass is 383 g/mol. The number of hydrogen-bond acceptors (Lipinski definition) is 6. The summed E-state index contributed by atoms with van der Waals surface area (Å²) in [4.78, 5) is 11.3. The van der Waals surface area contributed by atoms with E-state index in [2.05, 4.69) is 20.2 Å². The van der Waals surface area contributed by atoms with Gasteiger partial charge in [0.05, 0.1) is 38.7 Å². The quantitative estimate of drug-likeness (QED) is 0.616. The molecule has 148 valence electrons. The lowest BCUT2D eigenvalue weighted by Gasteiger charge is -2.27. The maximum atomic E-state index is 6.05. The third-order valence-electron chi connectivity index (χ3n) is 4.56. The van der Waals surface area contributed by atoms with Crippen LogP contribution in [0.5, 0.6) is 11.5 Å². The molecule has 1 aromatic carbocycles. The number of aliphatic imine (C=N–C) groups is 1. The highest BCUT2D eigenvalue weighted by molar-refractivity contribution is 5.92. The molecule has 0 amide bonds. The summed E-state index contributed by atoms with van der Waals surface area (Å²) < 4.78 is 16.7. The molecular formula is C20H25N5O3. The number of aromatic nitrogens is 1. The number of guanidine groups is 1. The normalized spacial score (nSPS) is 17.1. The molecule has 28 heavy (non-hydrogen) atoms. The van der Waals surface area contributed by atoms with Crippen LogP contribution in [0.1, 0.15) is 12.1 Å². The molecular weight excluding hydrogens is 358 g/mol. The predicted molar refractivity (Wildman–Crippen MR) is 108 cm³/mol. The third-order valence-corrected chi connectivity index (χ3v) is 4.56. The average molecular weight is 383 g/mol. The molecule has 0 aliphatic carbocycles. The number of nitrogens with two attached hydrogens (primary N) is 1. The lowest BCUT2D eigenvalue weighted by molar-refractivity contribution is 0.122. The highest BCUT2D eigenvalue weighted by atomic mass is 16.5. The minimum Gasteiger partial charge on any atom is -0.490 e. The Morgan fingerprint density at radius 3 is 2.75 bits per heavy atom. The lowest BCUT2D eigenvalue weighted by atomic mass is 10.3. The van der Waals surface area contributed by atoms with E-state index in [0.29, 0.717) is 25.7 Å². The predicted octanol–water partition coefficient (Wildman–Crippen LogP) is 2.01. The molecule has 3 N–H and O–H groups in total. The highest BCUT2D eigenvalue weighted by Gasteiger charge is 2.13. The highest BCUT2D eigenvalue weighted by Crippen LogP contribution is 2.32. The van der Waals surface area contributed by atoms with Crippen molar-refractivity contribution in [2.75, 3.05) is 49.7 Å². The number of nitrogens with one attached hydrogen (secondary N) is 1. The van der Waals surface area contributed by atoms with Crippen LogP contribution in [-0.2, 0) is 11.3 Å². The topological polar surface area (TPSA) is 94.2 Å². The molecule has 0 spiro atoms. The molecule has 3 heterocycles. The summed E-state index contributed by atoms with van der Waals surface area (Å²) >= 11 is 0. The Balaban J connectivity index is 1.39. The summed E-state index contributed by atoms with van der Waals surface area (Å²) in [7, 11) is 0. The first kappa shape index (κ1) is 18.4. The number of nitrogens with zero attached hydrogens (tertiary/aromatic N) is 3. The fraction of sp³-hybridized carbons (Fsp3) is 0.400. The van der Waals surface area contributed by atoms with Crippen molar-refractivity contribution in [3.8, 4) is 11.5 Å². The summed E-state index contributed by atoms with van der Waals surface area (Å²) in [6.45, 7) is 4.89. The average Bonchev–Trinajstić information content (AvgIpc) is 2.98. The van der Waals surface area contributed by atoms with Gasteiger partial charge in [-0.15, -0.1) is 0 Å². The molecule has 8 heteroatoms. The Labute approximate surface area is 164 Å². The molecule has 4 rings (SSSR count). The second-order valence-electron chi connectivity index (χ2n) is 6.63. The van der Waals surface area contributed by atoms with Gasteiger partial charge in [0.25, 0.3) is 0 Å². The Kier molecular flexibility index (Phi) is 5.77. The molecule has 2 aliphatic rings. The van der Waals surface area contributed by atoms with Gasteiger partial charge in [-0.2, -0.15) is 0 Å². The number of pyridine rings is 1. The first-order valence-corrected chi connectivity index (χ1v) is 9.53. The van der Waals surface area contributed by atoms with E-state index in [-0.39, 0.29) is 0 Å². The van der Waals surface area contributed by atoms with Crippen molar-refractivity contribution in [3.63, 3.8) is 0 Å². The molecule has 2 aromatic rings. The van der Waals surface area contributed by atoms with E-state index in [9.17, 15) is 0 Å². The zero-order chi connectivity index (χ0) is 19.2. The van der Waals surface area contributed by atoms with Gasteiger partial charge >= 0.3 is 0 Å². The van der Waals surface area contributed by atoms with Crippen molar-refractivity contribution in [1.29, 1.82) is 0 Å². The fourth-order valence-corrected chi connectivity index (χ4v) is 3.12. The number of ether oxygens (including phenoxy) is 3. The summed E-state index contributed by atoms with van der Waals surface area (Å²) in [5, 5.41) is 3.10. The Morgan fingerprint density at radius 1 is 1.07 bits per heavy atom. The number of benzene rings is 1. The maximum absolute atomic E-state index is 6.05. The Bertz CT molecular complexity index is 836. The van der Waals surface area contributed by atoms with Gasteiger partial charge in [0.15, 0.2) is 17.5 Å². The smallest absolute Gasteiger partial charge is 0.193 e. The van der Waals surface area contributed by atoms with Gasteiger partial charge in [0.1, 0.15) is 5.82 Å². The standard InChI is InChI=1S/C20H25N5O3/c21-20(24-15-5-6-17-18(13-15)28-10-2-9-27-17)22-14-16-3-1-4-19(23-16)25-7-11-26-12-8-25/h1,3-6,13H,2,7-12,14H2,(H3,21,22,24). The first-order valence-electron chi connectivity index (χ1n) is 9.53. The van der Waals surface area contributed by atoms with Crippen LogP contribution in [0.15, 0.2) is 41.4 Å². The minimum absolute atomic E-state index is 0.327. The Hall–Kier alpha value is -3.00. The van der Waals surface area contributed by atoms with Crippen LogP contribution in [0.25, 0.3) is 0 Å². The second kappa shape index (κ2) is 8.79. The van der Waals surface area contributed by atoms with Gasteiger partial charge in [0.2, 0.25) is 0 Å². The van der Waals surface area contributed by atoms with Crippen molar-refractivity contribution in [2.45, 2.75) is 13.0 Å². The number of morpholine rings is 1. The SMILES string of the molecule is NC(=NCc1cccc(N2CCOCC2)n1)Nc1ccc2c(c1)OCCCO2. The molecule has 1 fully saturated rings. The summed E-state index contributed by atoms with van der Waals surface area (Å²) in [5.74, 6) is 2.75. The van der Waals surface area contributed by atoms with Crippen molar-refractivity contribution in [2.24, 2.45) is 10.7 Å². The van der Waals surface area contributed by atoms with Crippen LogP contribution in [0.2, 0.25) is 0 Å². The number of fused-ring (bicyclic) bond motifs is 1. The summed E-state index contributed by atoms with van der Waals surface area (Å²) in [6, 6.07) is 11.6. The van der Waals surface area contributed by atoms with Gasteiger partial charge in [-0.05, 0) is 24.3 Å². The molecule has 8 nitrogen and oxygen atoms in total. The fourth-order valence-electron chi connectivity index (χ4n) is 3.12. The molecule has 1 saturated heterocycles. The lowest BCUT2D eigenvalue weighted by Crippen LogP contribution is -2.36. The summed E-state index contributed by atoms with van der Waals surface area (Å²) in [6.07, 6.45) is 0.873. The largest absolute Gasteiger partial charge is 0.490 e. The molecule has 2 aliphatic heterocycles. The van der Waals surface area contributed by atoms with Gasteiger partial charge in [-0.3, -0.25) is 0 Å². The van der Waals surface area contributed by atoms with Crippen LogP contribution in [0.3, 0.4) is 0 Å². The maximum Gasteiger partial charge on any atom is 0.193 e. The van der Waals surface area contributed by atoms with Crippen molar-refractivity contribution in [1.82, 2.24) is 4.98 Å². The molecule has 0 radical (unpaired) electrons. The van der Waals surface area contributed by atoms with Gasteiger partial charge in [-0.1, -0.05) is 6.07 Å². The zero-order valence-corrected chi connectivity index (χ0v) is 15.8. The van der Waals surface area contributed by atoms with Crippen LogP contribution < -0.4 is 25.4 Å². The van der Waals surface area contributed by atoms with Crippen LogP contribution >= 0.6 is 0 Å². The van der Waals surface area contributed by atoms with E-state index in [4.69, 9.17) is 19.9 Å². The Morgan fingerprint density at radius 2 is 1.89 bits per heavy atom. The van der Waals surface area contributed by atoms with Crippen LogP contribution in [0.4, 0.5) is 11.5 Å². The van der Waals surface area contributed by atoms with E-state index in [1.54, 1.807) is 0 Å². The van der Waals surface area contributed by atoms with Crippen molar-refractivity contribution in [3.05, 3.63) is 42.1 Å². The van der Waals surface area contributed by atoms with Gasteiger partial charge in [0, 0.05) is 31.3 Å². The number of anilines is 2. The third kappa shape index (κ3) is 4.64. The van der Waals surface area contributed by atoms with E-state index >= 15 is 0 Å². The first-order chi connectivity index (χ1) is 13.8. The van der Waals surface area contributed by atoms with E-state index in [1.807, 2.05) is 36.4 Å². The van der Waals surface area contributed by atoms with Gasteiger partial charge < -0.3 is 30.2 Å². The zero-order valence-electron chi connectivity index (χ0n) is 15.8. The number of hydrogen-bond donors (Lipinski definition) is 2. The van der Waals surface area contributed by atoms with Gasteiger partial charge in [-0.25, -0.2) is 9.98 Å². The van der Waals surface area contributed by atoms with Crippen LogP contribution in [-0.4, -0.2) is 50.5 Å². The second-order valence-corrected chi connectivity index (χ2v) is 6.63. The molecule has 1 aromatic heterocycles. The molecule has 0 atom stereocenters. The molecule has 0 unspecified atom stereocenters. The van der Waals surface area contributed by atoms with Crippen molar-refractivity contribution >= 4 is 17.5 Å². The van der Waals surface area contributed by atoms with E-state index in [1.165, 1.54) is 0 Å². The minimum atomic E-state index is 0.327. The van der Waals surface area contributed by atoms with E-state index in [0.717, 1.165) is 61.4 Å². The molecule has 0 saturated carbocycles. The molecule has 0 bridgehead atoms. The van der Waals surface area contributed by atoms with Crippen LogP contribution in [0, 0.1) is 0 Å². The number of rotatable bonds is 4.